The Labute approximate surface area is 144 Å². The number of nitrogens with one attached hydrogen (secondary N) is 1. The Hall–Kier alpha value is -1.87. The molecule has 0 bridgehead atoms. The molecular formula is C16H17N3O3S2. The molecule has 0 aliphatic heterocycles. The van der Waals surface area contributed by atoms with Gasteiger partial charge in [0.1, 0.15) is 15.9 Å². The van der Waals surface area contributed by atoms with Gasteiger partial charge in [-0.05, 0) is 24.1 Å². The molecule has 0 aliphatic rings. The molecule has 3 aromatic rings. The third-order valence-electron chi connectivity index (χ3n) is 3.41. The molecule has 0 fully saturated rings. The van der Waals surface area contributed by atoms with Gasteiger partial charge in [0.05, 0.1) is 18.3 Å². The molecule has 0 spiro atoms. The summed E-state index contributed by atoms with van der Waals surface area (Å²) in [6, 6.07) is 14.8. The predicted octanol–water partition coefficient (Wildman–Crippen LogP) is 2.58. The second-order valence-electron chi connectivity index (χ2n) is 5.18. The third kappa shape index (κ3) is 4.15. The van der Waals surface area contributed by atoms with Crippen LogP contribution in [-0.4, -0.2) is 30.3 Å². The lowest BCUT2D eigenvalue weighted by atomic mass is 10.2. The van der Waals surface area contributed by atoms with Crippen molar-refractivity contribution in [2.24, 2.45) is 0 Å². The molecule has 0 aliphatic carbocycles. The van der Waals surface area contributed by atoms with Gasteiger partial charge >= 0.3 is 0 Å². The van der Waals surface area contributed by atoms with Crippen LogP contribution in [0.4, 0.5) is 0 Å². The summed E-state index contributed by atoms with van der Waals surface area (Å²) in [6.45, 7) is 1.32. The number of sulfonamides is 1. The van der Waals surface area contributed by atoms with E-state index >= 15 is 0 Å². The van der Waals surface area contributed by atoms with Crippen molar-refractivity contribution >= 4 is 32.8 Å². The molecule has 0 amide bonds. The van der Waals surface area contributed by atoms with Gasteiger partial charge in [0.2, 0.25) is 10.0 Å². The Kier molecular flexibility index (Phi) is 5.52. The molecular weight excluding hydrogens is 346 g/mol. The van der Waals surface area contributed by atoms with E-state index in [0.29, 0.717) is 37.2 Å². The van der Waals surface area contributed by atoms with E-state index < -0.39 is 10.0 Å². The van der Waals surface area contributed by atoms with Crippen LogP contribution in [0.2, 0.25) is 0 Å². The van der Waals surface area contributed by atoms with Crippen molar-refractivity contribution in [3.05, 3.63) is 54.1 Å². The number of hydrogen-bond donors (Lipinski definition) is 1. The molecule has 6 nitrogen and oxygen atoms in total. The lowest BCUT2D eigenvalue weighted by Crippen LogP contribution is -2.25. The zero-order valence-electron chi connectivity index (χ0n) is 12.9. The van der Waals surface area contributed by atoms with E-state index in [1.807, 2.05) is 30.3 Å². The van der Waals surface area contributed by atoms with Crippen LogP contribution < -0.4 is 4.72 Å². The van der Waals surface area contributed by atoms with E-state index in [0.717, 1.165) is 17.3 Å². The van der Waals surface area contributed by atoms with Crippen LogP contribution >= 0.6 is 11.7 Å². The van der Waals surface area contributed by atoms with Crippen molar-refractivity contribution in [2.75, 3.05) is 13.2 Å². The van der Waals surface area contributed by atoms with Gasteiger partial charge in [-0.3, -0.25) is 0 Å². The van der Waals surface area contributed by atoms with Gasteiger partial charge in [0.15, 0.2) is 0 Å². The van der Waals surface area contributed by atoms with Crippen LogP contribution in [0.15, 0.2) is 53.4 Å². The molecule has 24 heavy (non-hydrogen) atoms. The lowest BCUT2D eigenvalue weighted by Gasteiger charge is -2.08. The SMILES string of the molecule is O=S(=O)(NCCCOCc1ccccc1)c1cccc2nsnc12. The highest BCUT2D eigenvalue weighted by atomic mass is 32.2. The van der Waals surface area contributed by atoms with E-state index in [9.17, 15) is 8.42 Å². The number of nitrogens with zero attached hydrogens (tertiary/aromatic N) is 2. The van der Waals surface area contributed by atoms with Gasteiger partial charge in [0, 0.05) is 13.2 Å². The molecule has 0 saturated carbocycles. The first-order valence-corrected chi connectivity index (χ1v) is 9.71. The summed E-state index contributed by atoms with van der Waals surface area (Å²) in [5.74, 6) is 0. The standard InChI is InChI=1S/C16H17N3O3S2/c20-24(21,15-9-4-8-14-16(15)19-23-18-14)17-10-5-11-22-12-13-6-2-1-3-7-13/h1-4,6-9,17H,5,10-12H2. The molecule has 1 heterocycles. The topological polar surface area (TPSA) is 81.2 Å². The average molecular weight is 363 g/mol. The summed E-state index contributed by atoms with van der Waals surface area (Å²) < 4.78 is 41.0. The maximum atomic E-state index is 12.4. The van der Waals surface area contributed by atoms with E-state index in [4.69, 9.17) is 4.74 Å². The fourth-order valence-corrected chi connectivity index (χ4v) is 4.06. The molecule has 0 atom stereocenters. The molecule has 126 valence electrons. The Balaban J connectivity index is 1.48. The van der Waals surface area contributed by atoms with Crippen molar-refractivity contribution in [2.45, 2.75) is 17.9 Å². The maximum Gasteiger partial charge on any atom is 0.242 e. The normalized spacial score (nSPS) is 11.8. The summed E-state index contributed by atoms with van der Waals surface area (Å²) in [5.41, 5.74) is 2.10. The number of hydrogen-bond acceptors (Lipinski definition) is 6. The second kappa shape index (κ2) is 7.80. The first kappa shape index (κ1) is 17.0. The van der Waals surface area contributed by atoms with E-state index in [-0.39, 0.29) is 4.90 Å². The summed E-state index contributed by atoms with van der Waals surface area (Å²) in [5, 5.41) is 0. The number of fused-ring (bicyclic) bond motifs is 1. The highest BCUT2D eigenvalue weighted by molar-refractivity contribution is 7.89. The molecule has 3 rings (SSSR count). The molecule has 2 aromatic carbocycles. The summed E-state index contributed by atoms with van der Waals surface area (Å²) >= 11 is 1.00. The average Bonchev–Trinajstić information content (AvgIpc) is 3.07. The molecule has 0 saturated heterocycles. The minimum Gasteiger partial charge on any atom is -0.377 e. The van der Waals surface area contributed by atoms with Crippen LogP contribution in [0.1, 0.15) is 12.0 Å². The van der Waals surface area contributed by atoms with Crippen molar-refractivity contribution in [3.8, 4) is 0 Å². The summed E-state index contributed by atoms with van der Waals surface area (Å²) in [6.07, 6.45) is 0.595. The van der Waals surface area contributed by atoms with Crippen molar-refractivity contribution in [1.82, 2.24) is 13.5 Å². The first-order valence-electron chi connectivity index (χ1n) is 7.49. The quantitative estimate of drug-likeness (QED) is 0.622. The zero-order valence-corrected chi connectivity index (χ0v) is 14.5. The van der Waals surface area contributed by atoms with Crippen LogP contribution in [0, 0.1) is 0 Å². The monoisotopic (exact) mass is 363 g/mol. The maximum absolute atomic E-state index is 12.4. The van der Waals surface area contributed by atoms with Crippen molar-refractivity contribution in [1.29, 1.82) is 0 Å². The first-order chi connectivity index (χ1) is 11.7. The number of benzene rings is 2. The largest absolute Gasteiger partial charge is 0.377 e. The van der Waals surface area contributed by atoms with Crippen LogP contribution in [0.5, 0.6) is 0 Å². The predicted molar refractivity (Wildman–Crippen MR) is 93.3 cm³/mol. The van der Waals surface area contributed by atoms with Gasteiger partial charge in [-0.1, -0.05) is 36.4 Å². The number of rotatable bonds is 8. The fraction of sp³-hybridized carbons (Fsp3) is 0.250. The highest BCUT2D eigenvalue weighted by Gasteiger charge is 2.18. The van der Waals surface area contributed by atoms with Gasteiger partial charge in [0.25, 0.3) is 0 Å². The Morgan fingerprint density at radius 2 is 1.88 bits per heavy atom. The van der Waals surface area contributed by atoms with Crippen molar-refractivity contribution in [3.63, 3.8) is 0 Å². The summed E-state index contributed by atoms with van der Waals surface area (Å²) in [7, 11) is -3.60. The Bertz CT molecular complexity index is 895. The number of aromatic nitrogens is 2. The van der Waals surface area contributed by atoms with Gasteiger partial charge in [-0.25, -0.2) is 13.1 Å². The van der Waals surface area contributed by atoms with E-state index in [1.165, 1.54) is 6.07 Å². The number of ether oxygens (including phenoxy) is 1. The minimum atomic E-state index is -3.60. The van der Waals surface area contributed by atoms with Gasteiger partial charge in [-0.2, -0.15) is 8.75 Å². The fourth-order valence-electron chi connectivity index (χ4n) is 2.22. The molecule has 8 heteroatoms. The highest BCUT2D eigenvalue weighted by Crippen LogP contribution is 2.20. The molecule has 1 aromatic heterocycles. The molecule has 1 N–H and O–H groups in total. The van der Waals surface area contributed by atoms with Crippen LogP contribution in [-0.2, 0) is 21.4 Å². The van der Waals surface area contributed by atoms with Gasteiger partial charge in [-0.15, -0.1) is 0 Å². The second-order valence-corrected chi connectivity index (χ2v) is 7.44. The van der Waals surface area contributed by atoms with Gasteiger partial charge < -0.3 is 4.74 Å². The smallest absolute Gasteiger partial charge is 0.242 e. The third-order valence-corrected chi connectivity index (χ3v) is 5.44. The van der Waals surface area contributed by atoms with Crippen molar-refractivity contribution < 1.29 is 13.2 Å². The van der Waals surface area contributed by atoms with Crippen LogP contribution in [0.3, 0.4) is 0 Å². The molecule has 0 radical (unpaired) electrons. The van der Waals surface area contributed by atoms with E-state index in [1.54, 1.807) is 12.1 Å². The minimum absolute atomic E-state index is 0.166. The summed E-state index contributed by atoms with van der Waals surface area (Å²) in [4.78, 5) is 0.166. The zero-order chi connectivity index (χ0) is 16.8. The van der Waals surface area contributed by atoms with Crippen LogP contribution in [0.25, 0.3) is 11.0 Å². The Morgan fingerprint density at radius 3 is 2.71 bits per heavy atom. The molecule has 0 unspecified atom stereocenters. The van der Waals surface area contributed by atoms with E-state index in [2.05, 4.69) is 13.5 Å². The Morgan fingerprint density at radius 1 is 1.04 bits per heavy atom. The lowest BCUT2D eigenvalue weighted by molar-refractivity contribution is 0.119.